The molecule has 19 heavy (non-hydrogen) atoms. The van der Waals surface area contributed by atoms with Gasteiger partial charge in [-0.25, -0.2) is 4.39 Å². The van der Waals surface area contributed by atoms with Crippen LogP contribution in [0.1, 0.15) is 23.2 Å². The van der Waals surface area contributed by atoms with Gasteiger partial charge in [-0.05, 0) is 40.9 Å². The SMILES string of the molecule is COC1CCN(C(=O)c2cc(Br)c(Cl)cc2F)CC1. The minimum absolute atomic E-state index is 0.0483. The Morgan fingerprint density at radius 3 is 2.68 bits per heavy atom. The Kier molecular flexibility index (Phi) is 4.81. The maximum absolute atomic E-state index is 13.8. The second-order valence-corrected chi connectivity index (χ2v) is 5.73. The summed E-state index contributed by atoms with van der Waals surface area (Å²) in [6, 6.07) is 2.59. The number of hydrogen-bond acceptors (Lipinski definition) is 2. The van der Waals surface area contributed by atoms with Gasteiger partial charge in [0.2, 0.25) is 0 Å². The average Bonchev–Trinajstić information content (AvgIpc) is 2.42. The van der Waals surface area contributed by atoms with Crippen molar-refractivity contribution in [3.8, 4) is 0 Å². The molecule has 3 nitrogen and oxygen atoms in total. The minimum atomic E-state index is -0.591. The molecule has 1 aromatic rings. The van der Waals surface area contributed by atoms with E-state index in [2.05, 4.69) is 15.9 Å². The third-order valence-electron chi connectivity index (χ3n) is 3.30. The van der Waals surface area contributed by atoms with E-state index in [0.717, 1.165) is 18.9 Å². The van der Waals surface area contributed by atoms with Crippen molar-refractivity contribution < 1.29 is 13.9 Å². The van der Waals surface area contributed by atoms with Crippen LogP contribution in [0.2, 0.25) is 5.02 Å². The molecule has 1 aromatic carbocycles. The number of hydrogen-bond donors (Lipinski definition) is 0. The summed E-state index contributed by atoms with van der Waals surface area (Å²) in [7, 11) is 1.66. The van der Waals surface area contributed by atoms with Crippen LogP contribution >= 0.6 is 27.5 Å². The lowest BCUT2D eigenvalue weighted by Crippen LogP contribution is -2.40. The van der Waals surface area contributed by atoms with E-state index in [0.29, 0.717) is 17.6 Å². The molecule has 0 N–H and O–H groups in total. The van der Waals surface area contributed by atoms with Crippen molar-refractivity contribution in [2.75, 3.05) is 20.2 Å². The van der Waals surface area contributed by atoms with Crippen molar-refractivity contribution in [1.82, 2.24) is 4.90 Å². The van der Waals surface area contributed by atoms with E-state index >= 15 is 0 Å². The van der Waals surface area contributed by atoms with Gasteiger partial charge >= 0.3 is 0 Å². The van der Waals surface area contributed by atoms with Gasteiger partial charge in [-0.2, -0.15) is 0 Å². The van der Waals surface area contributed by atoms with E-state index in [9.17, 15) is 9.18 Å². The quantitative estimate of drug-likeness (QED) is 0.764. The Bertz CT molecular complexity index is 490. The van der Waals surface area contributed by atoms with Crippen molar-refractivity contribution in [2.45, 2.75) is 18.9 Å². The molecule has 104 valence electrons. The Morgan fingerprint density at radius 2 is 2.11 bits per heavy atom. The molecule has 0 saturated carbocycles. The highest BCUT2D eigenvalue weighted by Crippen LogP contribution is 2.27. The normalized spacial score (nSPS) is 16.7. The lowest BCUT2D eigenvalue weighted by Gasteiger charge is -2.31. The maximum atomic E-state index is 13.8. The molecule has 0 radical (unpaired) electrons. The number of carbonyl (C=O) groups is 1. The third-order valence-corrected chi connectivity index (χ3v) is 4.50. The average molecular weight is 351 g/mol. The lowest BCUT2D eigenvalue weighted by atomic mass is 10.1. The number of piperidine rings is 1. The maximum Gasteiger partial charge on any atom is 0.256 e. The molecule has 0 unspecified atom stereocenters. The first kappa shape index (κ1) is 14.8. The summed E-state index contributed by atoms with van der Waals surface area (Å²) < 4.78 is 19.6. The fourth-order valence-corrected chi connectivity index (χ4v) is 2.65. The van der Waals surface area contributed by atoms with Crippen LogP contribution < -0.4 is 0 Å². The molecule has 6 heteroatoms. The van der Waals surface area contributed by atoms with Gasteiger partial charge in [0.05, 0.1) is 16.7 Å². The predicted molar refractivity (Wildman–Crippen MR) is 75.0 cm³/mol. The molecule has 1 saturated heterocycles. The first-order chi connectivity index (χ1) is 9.02. The van der Waals surface area contributed by atoms with Gasteiger partial charge in [-0.1, -0.05) is 11.6 Å². The second-order valence-electron chi connectivity index (χ2n) is 4.47. The first-order valence-corrected chi connectivity index (χ1v) is 7.16. The van der Waals surface area contributed by atoms with Crippen LogP contribution in [0.3, 0.4) is 0 Å². The van der Waals surface area contributed by atoms with Gasteiger partial charge in [-0.3, -0.25) is 4.79 Å². The van der Waals surface area contributed by atoms with Gasteiger partial charge in [0.25, 0.3) is 5.91 Å². The molecule has 2 rings (SSSR count). The lowest BCUT2D eigenvalue weighted by molar-refractivity contribution is 0.0348. The van der Waals surface area contributed by atoms with Crippen molar-refractivity contribution in [2.24, 2.45) is 0 Å². The Hall–Kier alpha value is -0.650. The highest BCUT2D eigenvalue weighted by atomic mass is 79.9. The van der Waals surface area contributed by atoms with Crippen LogP contribution in [-0.4, -0.2) is 37.1 Å². The van der Waals surface area contributed by atoms with Crippen LogP contribution in [0.15, 0.2) is 16.6 Å². The third kappa shape index (κ3) is 3.27. The van der Waals surface area contributed by atoms with E-state index < -0.39 is 5.82 Å². The number of rotatable bonds is 2. The number of methoxy groups -OCH3 is 1. The molecule has 1 heterocycles. The van der Waals surface area contributed by atoms with E-state index in [1.807, 2.05) is 0 Å². The number of ether oxygens (including phenoxy) is 1. The molecule has 0 spiro atoms. The summed E-state index contributed by atoms with van der Waals surface area (Å²) >= 11 is 8.99. The summed E-state index contributed by atoms with van der Waals surface area (Å²) in [5.74, 6) is -0.892. The summed E-state index contributed by atoms with van der Waals surface area (Å²) in [6.45, 7) is 1.16. The highest BCUT2D eigenvalue weighted by Gasteiger charge is 2.25. The smallest absolute Gasteiger partial charge is 0.256 e. The van der Waals surface area contributed by atoms with Crippen molar-refractivity contribution >= 4 is 33.4 Å². The first-order valence-electron chi connectivity index (χ1n) is 5.99. The Balaban J connectivity index is 2.14. The number of amides is 1. The predicted octanol–water partition coefficient (Wildman–Crippen LogP) is 3.49. The van der Waals surface area contributed by atoms with Gasteiger partial charge in [0.15, 0.2) is 0 Å². The largest absolute Gasteiger partial charge is 0.381 e. The van der Waals surface area contributed by atoms with E-state index in [1.54, 1.807) is 12.0 Å². The second kappa shape index (κ2) is 6.20. The monoisotopic (exact) mass is 349 g/mol. The molecule has 0 aromatic heterocycles. The molecule has 1 fully saturated rings. The molecule has 0 bridgehead atoms. The fourth-order valence-electron chi connectivity index (χ4n) is 2.15. The molecule has 0 atom stereocenters. The number of nitrogens with zero attached hydrogens (tertiary/aromatic N) is 1. The molecule has 1 aliphatic rings. The molecular weight excluding hydrogens is 337 g/mol. The Morgan fingerprint density at radius 1 is 1.47 bits per heavy atom. The molecule has 0 aliphatic carbocycles. The summed E-state index contributed by atoms with van der Waals surface area (Å²) in [5, 5.41) is 0.257. The molecular formula is C13H14BrClFNO2. The molecule has 1 aliphatic heterocycles. The van der Waals surface area contributed by atoms with Crippen LogP contribution in [0.4, 0.5) is 4.39 Å². The zero-order valence-electron chi connectivity index (χ0n) is 10.5. The number of benzene rings is 1. The van der Waals surface area contributed by atoms with Crippen LogP contribution in [0, 0.1) is 5.82 Å². The fraction of sp³-hybridized carbons (Fsp3) is 0.462. The van der Waals surface area contributed by atoms with Crippen molar-refractivity contribution in [3.63, 3.8) is 0 Å². The van der Waals surface area contributed by atoms with Crippen molar-refractivity contribution in [3.05, 3.63) is 33.0 Å². The zero-order valence-corrected chi connectivity index (χ0v) is 12.8. The minimum Gasteiger partial charge on any atom is -0.381 e. The van der Waals surface area contributed by atoms with Crippen LogP contribution in [0.25, 0.3) is 0 Å². The summed E-state index contributed by atoms with van der Waals surface area (Å²) in [4.78, 5) is 13.9. The molecule has 1 amide bonds. The number of carbonyl (C=O) groups excluding carboxylic acids is 1. The highest BCUT2D eigenvalue weighted by molar-refractivity contribution is 9.10. The Labute approximate surface area is 124 Å². The topological polar surface area (TPSA) is 29.5 Å². The van der Waals surface area contributed by atoms with Crippen LogP contribution in [0.5, 0.6) is 0 Å². The van der Waals surface area contributed by atoms with Crippen molar-refractivity contribution in [1.29, 1.82) is 0 Å². The summed E-state index contributed by atoms with van der Waals surface area (Å²) in [5.41, 5.74) is 0.0483. The zero-order chi connectivity index (χ0) is 14.0. The van der Waals surface area contributed by atoms with Gasteiger partial charge in [-0.15, -0.1) is 0 Å². The van der Waals surface area contributed by atoms with Gasteiger partial charge in [0.1, 0.15) is 5.82 Å². The van der Waals surface area contributed by atoms with Crippen LogP contribution in [-0.2, 0) is 4.74 Å². The standard InChI is InChI=1S/C13H14BrClFNO2/c1-19-8-2-4-17(5-3-8)13(18)9-6-10(14)11(15)7-12(9)16/h6-8H,2-5H2,1H3. The van der Waals surface area contributed by atoms with E-state index in [4.69, 9.17) is 16.3 Å². The van der Waals surface area contributed by atoms with Gasteiger partial charge in [0, 0.05) is 24.7 Å². The van der Waals surface area contributed by atoms with Gasteiger partial charge < -0.3 is 9.64 Å². The number of likely N-dealkylation sites (tertiary alicyclic amines) is 1. The van der Waals surface area contributed by atoms with E-state index in [1.165, 1.54) is 6.07 Å². The number of halogens is 3. The van der Waals surface area contributed by atoms with E-state index in [-0.39, 0.29) is 22.6 Å². The summed E-state index contributed by atoms with van der Waals surface area (Å²) in [6.07, 6.45) is 1.74.